The highest BCUT2D eigenvalue weighted by atomic mass is 79.9. The highest BCUT2D eigenvalue weighted by molar-refractivity contribution is 9.10. The Labute approximate surface area is 122 Å². The molecule has 4 heteroatoms. The normalized spacial score (nSPS) is 24.0. The molecule has 1 unspecified atom stereocenters. The number of likely N-dealkylation sites (tertiary alicyclic amines) is 1. The summed E-state index contributed by atoms with van der Waals surface area (Å²) in [5.74, 6) is -0.156. The van der Waals surface area contributed by atoms with Gasteiger partial charge in [-0.15, -0.1) is 0 Å². The van der Waals surface area contributed by atoms with Crippen molar-refractivity contribution in [2.75, 3.05) is 13.1 Å². The SMILES string of the molecule is Fc1cc(Br)cc(CN2CCCC2CNC2CC2)c1. The molecule has 0 bridgehead atoms. The fraction of sp³-hybridized carbons (Fsp3) is 0.600. The van der Waals surface area contributed by atoms with Gasteiger partial charge in [0.25, 0.3) is 0 Å². The van der Waals surface area contributed by atoms with Gasteiger partial charge in [-0.1, -0.05) is 15.9 Å². The number of hydrogen-bond donors (Lipinski definition) is 1. The first-order chi connectivity index (χ1) is 9.20. The van der Waals surface area contributed by atoms with Crippen LogP contribution >= 0.6 is 15.9 Å². The average molecular weight is 327 g/mol. The minimum absolute atomic E-state index is 0.156. The zero-order valence-electron chi connectivity index (χ0n) is 11.0. The van der Waals surface area contributed by atoms with Gasteiger partial charge in [0.05, 0.1) is 0 Å². The lowest BCUT2D eigenvalue weighted by atomic mass is 10.1. The van der Waals surface area contributed by atoms with Gasteiger partial charge in [-0.2, -0.15) is 0 Å². The first-order valence-corrected chi connectivity index (χ1v) is 7.92. The number of benzene rings is 1. The largest absolute Gasteiger partial charge is 0.312 e. The molecule has 1 saturated heterocycles. The van der Waals surface area contributed by atoms with Gasteiger partial charge in [0.1, 0.15) is 5.82 Å². The van der Waals surface area contributed by atoms with Gasteiger partial charge >= 0.3 is 0 Å². The van der Waals surface area contributed by atoms with E-state index in [1.54, 1.807) is 6.07 Å². The van der Waals surface area contributed by atoms with Crippen molar-refractivity contribution < 1.29 is 4.39 Å². The van der Waals surface area contributed by atoms with Crippen molar-refractivity contribution in [1.82, 2.24) is 10.2 Å². The molecule has 1 heterocycles. The van der Waals surface area contributed by atoms with Crippen molar-refractivity contribution in [1.29, 1.82) is 0 Å². The Balaban J connectivity index is 1.60. The summed E-state index contributed by atoms with van der Waals surface area (Å²) < 4.78 is 14.2. The Hall–Kier alpha value is -0.450. The molecule has 0 aromatic heterocycles. The topological polar surface area (TPSA) is 15.3 Å². The number of nitrogens with one attached hydrogen (secondary N) is 1. The summed E-state index contributed by atoms with van der Waals surface area (Å²) in [5, 5.41) is 3.61. The second-order valence-electron chi connectivity index (χ2n) is 5.73. The quantitative estimate of drug-likeness (QED) is 0.893. The Morgan fingerprint density at radius 2 is 2.11 bits per heavy atom. The van der Waals surface area contributed by atoms with Crippen LogP contribution in [-0.2, 0) is 6.54 Å². The van der Waals surface area contributed by atoms with Crippen LogP contribution in [0.25, 0.3) is 0 Å². The van der Waals surface area contributed by atoms with Gasteiger partial charge in [-0.25, -0.2) is 4.39 Å². The summed E-state index contributed by atoms with van der Waals surface area (Å²) in [7, 11) is 0. The lowest BCUT2D eigenvalue weighted by Gasteiger charge is -2.25. The van der Waals surface area contributed by atoms with Gasteiger partial charge in [-0.3, -0.25) is 4.90 Å². The van der Waals surface area contributed by atoms with E-state index in [0.29, 0.717) is 6.04 Å². The van der Waals surface area contributed by atoms with Crippen LogP contribution in [0.15, 0.2) is 22.7 Å². The summed E-state index contributed by atoms with van der Waals surface area (Å²) in [6, 6.07) is 6.56. The van der Waals surface area contributed by atoms with Crippen molar-refractivity contribution in [3.05, 3.63) is 34.1 Å². The van der Waals surface area contributed by atoms with Gasteiger partial charge in [-0.05, 0) is 56.0 Å². The first kappa shape index (κ1) is 13.5. The fourth-order valence-corrected chi connectivity index (χ4v) is 3.37. The molecule has 1 aromatic rings. The van der Waals surface area contributed by atoms with E-state index in [0.717, 1.165) is 35.7 Å². The standard InChI is InChI=1S/C15H20BrFN2/c16-12-6-11(7-13(17)8-12)10-19-5-1-2-15(19)9-18-14-3-4-14/h6-8,14-15,18H,1-5,9-10H2. The minimum Gasteiger partial charge on any atom is -0.312 e. The molecular weight excluding hydrogens is 307 g/mol. The zero-order chi connectivity index (χ0) is 13.2. The van der Waals surface area contributed by atoms with Gasteiger partial charge in [0.2, 0.25) is 0 Å². The zero-order valence-corrected chi connectivity index (χ0v) is 12.6. The Bertz CT molecular complexity index is 428. The van der Waals surface area contributed by atoms with Crippen molar-refractivity contribution in [2.24, 2.45) is 0 Å². The molecule has 2 aliphatic rings. The van der Waals surface area contributed by atoms with Gasteiger partial charge < -0.3 is 5.32 Å². The van der Waals surface area contributed by atoms with Crippen molar-refractivity contribution in [3.8, 4) is 0 Å². The van der Waals surface area contributed by atoms with E-state index in [4.69, 9.17) is 0 Å². The number of hydrogen-bond acceptors (Lipinski definition) is 2. The van der Waals surface area contributed by atoms with Crippen molar-refractivity contribution >= 4 is 15.9 Å². The average Bonchev–Trinajstić information content (AvgIpc) is 3.07. The van der Waals surface area contributed by atoms with E-state index in [9.17, 15) is 4.39 Å². The molecule has 0 spiro atoms. The van der Waals surface area contributed by atoms with Crippen LogP contribution in [0.1, 0.15) is 31.2 Å². The molecule has 0 radical (unpaired) electrons. The molecule has 3 rings (SSSR count). The molecule has 1 atom stereocenters. The van der Waals surface area contributed by atoms with E-state index in [1.165, 1.54) is 31.7 Å². The van der Waals surface area contributed by atoms with E-state index < -0.39 is 0 Å². The molecule has 1 aromatic carbocycles. The molecular formula is C15H20BrFN2. The molecule has 1 N–H and O–H groups in total. The van der Waals surface area contributed by atoms with E-state index in [2.05, 4.69) is 26.1 Å². The predicted octanol–water partition coefficient (Wildman–Crippen LogP) is 3.30. The lowest BCUT2D eigenvalue weighted by Crippen LogP contribution is -2.38. The van der Waals surface area contributed by atoms with Crippen LogP contribution in [0.3, 0.4) is 0 Å². The van der Waals surface area contributed by atoms with Crippen LogP contribution in [-0.4, -0.2) is 30.1 Å². The van der Waals surface area contributed by atoms with Crippen LogP contribution in [0.4, 0.5) is 4.39 Å². The van der Waals surface area contributed by atoms with E-state index in [-0.39, 0.29) is 5.82 Å². The van der Waals surface area contributed by atoms with Gasteiger partial charge in [0, 0.05) is 29.6 Å². The Kier molecular flexibility index (Phi) is 4.20. The van der Waals surface area contributed by atoms with Crippen LogP contribution in [0.5, 0.6) is 0 Å². The second kappa shape index (κ2) is 5.90. The number of nitrogens with zero attached hydrogens (tertiary/aromatic N) is 1. The lowest BCUT2D eigenvalue weighted by molar-refractivity contribution is 0.238. The smallest absolute Gasteiger partial charge is 0.124 e. The third-order valence-corrected chi connectivity index (χ3v) is 4.48. The second-order valence-corrected chi connectivity index (χ2v) is 6.64. The molecule has 0 amide bonds. The third-order valence-electron chi connectivity index (χ3n) is 4.03. The summed E-state index contributed by atoms with van der Waals surface area (Å²) in [4.78, 5) is 2.48. The van der Waals surface area contributed by atoms with E-state index >= 15 is 0 Å². The highest BCUT2D eigenvalue weighted by Crippen LogP contribution is 2.24. The molecule has 104 valence electrons. The fourth-order valence-electron chi connectivity index (χ4n) is 2.86. The number of rotatable bonds is 5. The molecule has 1 aliphatic carbocycles. The van der Waals surface area contributed by atoms with Crippen molar-refractivity contribution in [2.45, 2.75) is 44.3 Å². The van der Waals surface area contributed by atoms with Gasteiger partial charge in [0.15, 0.2) is 0 Å². The summed E-state index contributed by atoms with van der Waals surface area (Å²) in [6.45, 7) is 3.07. The molecule has 2 fully saturated rings. The minimum atomic E-state index is -0.156. The van der Waals surface area contributed by atoms with Crippen LogP contribution in [0, 0.1) is 5.82 Å². The Morgan fingerprint density at radius 3 is 2.84 bits per heavy atom. The summed E-state index contributed by atoms with van der Waals surface area (Å²) in [6.07, 6.45) is 5.19. The predicted molar refractivity (Wildman–Crippen MR) is 78.6 cm³/mol. The summed E-state index contributed by atoms with van der Waals surface area (Å²) in [5.41, 5.74) is 1.06. The molecule has 19 heavy (non-hydrogen) atoms. The maximum Gasteiger partial charge on any atom is 0.124 e. The van der Waals surface area contributed by atoms with Crippen molar-refractivity contribution in [3.63, 3.8) is 0 Å². The third kappa shape index (κ3) is 3.77. The van der Waals surface area contributed by atoms with Crippen LogP contribution in [0.2, 0.25) is 0 Å². The maximum atomic E-state index is 13.4. The highest BCUT2D eigenvalue weighted by Gasteiger charge is 2.27. The summed E-state index contributed by atoms with van der Waals surface area (Å²) >= 11 is 3.36. The monoisotopic (exact) mass is 326 g/mol. The first-order valence-electron chi connectivity index (χ1n) is 7.13. The molecule has 1 aliphatic heterocycles. The van der Waals surface area contributed by atoms with E-state index in [1.807, 2.05) is 6.07 Å². The maximum absolute atomic E-state index is 13.4. The Morgan fingerprint density at radius 1 is 1.26 bits per heavy atom. The number of halogens is 2. The molecule has 1 saturated carbocycles. The van der Waals surface area contributed by atoms with Crippen LogP contribution < -0.4 is 5.32 Å². The molecule has 2 nitrogen and oxygen atoms in total.